The number of hydrogen-bond donors (Lipinski definition) is 1. The summed E-state index contributed by atoms with van der Waals surface area (Å²) in [5, 5.41) is 2.86. The summed E-state index contributed by atoms with van der Waals surface area (Å²) in [6, 6.07) is 8.86. The van der Waals surface area contributed by atoms with Crippen LogP contribution in [0.4, 0.5) is 5.69 Å². The zero-order chi connectivity index (χ0) is 19.1. The largest absolute Gasteiger partial charge is 0.465 e. The smallest absolute Gasteiger partial charge is 0.337 e. The van der Waals surface area contributed by atoms with Crippen LogP contribution in [0.3, 0.4) is 0 Å². The Morgan fingerprint density at radius 1 is 1.35 bits per heavy atom. The summed E-state index contributed by atoms with van der Waals surface area (Å²) < 4.78 is 5.44. The average Bonchev–Trinajstić information content (AvgIpc) is 3.01. The van der Waals surface area contributed by atoms with Crippen LogP contribution in [-0.2, 0) is 16.1 Å². The molecule has 1 amide bonds. The van der Waals surface area contributed by atoms with Crippen LogP contribution < -0.4 is 5.32 Å². The number of carbonyl (C=O) groups is 2. The monoisotopic (exact) mass is 392 g/mol. The first-order valence-electron chi connectivity index (χ1n) is 7.99. The zero-order valence-electron chi connectivity index (χ0n) is 14.8. The molecular formula is C19H21ClN2O3S. The lowest BCUT2D eigenvalue weighted by Crippen LogP contribution is -2.33. The van der Waals surface area contributed by atoms with Crippen molar-refractivity contribution in [2.24, 2.45) is 0 Å². The predicted octanol–water partition coefficient (Wildman–Crippen LogP) is 4.12. The number of rotatable bonds is 8. The minimum Gasteiger partial charge on any atom is -0.465 e. The van der Waals surface area contributed by atoms with Crippen LogP contribution in [0.2, 0.25) is 4.34 Å². The molecule has 0 bridgehead atoms. The second kappa shape index (κ2) is 9.52. The van der Waals surface area contributed by atoms with Gasteiger partial charge < -0.3 is 10.1 Å². The average molecular weight is 393 g/mol. The summed E-state index contributed by atoms with van der Waals surface area (Å²) in [6.45, 7) is 6.99. The molecule has 2 rings (SSSR count). The van der Waals surface area contributed by atoms with Crippen LogP contribution >= 0.6 is 22.9 Å². The van der Waals surface area contributed by atoms with Crippen molar-refractivity contribution in [3.63, 3.8) is 0 Å². The summed E-state index contributed by atoms with van der Waals surface area (Å²) in [5.74, 6) is -0.608. The van der Waals surface area contributed by atoms with E-state index in [9.17, 15) is 9.59 Å². The molecular weight excluding hydrogens is 372 g/mol. The van der Waals surface area contributed by atoms with E-state index in [0.29, 0.717) is 24.3 Å². The van der Waals surface area contributed by atoms with Crippen LogP contribution in [0.25, 0.3) is 0 Å². The third-order valence-electron chi connectivity index (χ3n) is 3.70. The second-order valence-electron chi connectivity index (χ2n) is 5.73. The minimum atomic E-state index is -0.441. The van der Waals surface area contributed by atoms with Crippen molar-refractivity contribution in [2.75, 3.05) is 25.5 Å². The molecule has 0 aliphatic rings. The van der Waals surface area contributed by atoms with Gasteiger partial charge in [-0.2, -0.15) is 0 Å². The molecule has 2 aromatic rings. The fourth-order valence-corrected chi connectivity index (χ4v) is 3.55. The summed E-state index contributed by atoms with van der Waals surface area (Å²) >= 11 is 7.46. The topological polar surface area (TPSA) is 58.6 Å². The summed E-state index contributed by atoms with van der Waals surface area (Å²) in [5.41, 5.74) is 1.85. The van der Waals surface area contributed by atoms with E-state index in [-0.39, 0.29) is 12.5 Å². The predicted molar refractivity (Wildman–Crippen MR) is 106 cm³/mol. The van der Waals surface area contributed by atoms with Gasteiger partial charge in [-0.3, -0.25) is 9.69 Å². The number of anilines is 1. The van der Waals surface area contributed by atoms with E-state index in [0.717, 1.165) is 14.8 Å². The Morgan fingerprint density at radius 3 is 2.73 bits per heavy atom. The Balaban J connectivity index is 2.05. The van der Waals surface area contributed by atoms with Crippen molar-refractivity contribution in [2.45, 2.75) is 13.5 Å². The molecule has 1 N–H and O–H groups in total. The molecule has 1 heterocycles. The number of esters is 1. The maximum atomic E-state index is 12.5. The quantitative estimate of drug-likeness (QED) is 0.542. The Kier molecular flexibility index (Phi) is 7.38. The van der Waals surface area contributed by atoms with Crippen LogP contribution in [0.15, 0.2) is 43.0 Å². The molecule has 1 aromatic carbocycles. The van der Waals surface area contributed by atoms with Crippen molar-refractivity contribution >= 4 is 40.5 Å². The van der Waals surface area contributed by atoms with Gasteiger partial charge in [0.2, 0.25) is 5.91 Å². The highest BCUT2D eigenvalue weighted by Crippen LogP contribution is 2.23. The number of methoxy groups -OCH3 is 1. The lowest BCUT2D eigenvalue weighted by atomic mass is 10.1. The maximum absolute atomic E-state index is 12.5. The molecule has 0 aliphatic heterocycles. The first kappa shape index (κ1) is 20.2. The number of ether oxygens (including phenoxy) is 1. The van der Waals surface area contributed by atoms with Gasteiger partial charge in [-0.25, -0.2) is 4.79 Å². The van der Waals surface area contributed by atoms with Crippen LogP contribution in [0, 0.1) is 6.92 Å². The van der Waals surface area contributed by atoms with Gasteiger partial charge in [-0.15, -0.1) is 17.9 Å². The molecule has 0 radical (unpaired) electrons. The lowest BCUT2D eigenvalue weighted by molar-refractivity contribution is -0.117. The first-order chi connectivity index (χ1) is 12.4. The van der Waals surface area contributed by atoms with Gasteiger partial charge in [-0.1, -0.05) is 23.7 Å². The highest BCUT2D eigenvalue weighted by atomic mass is 35.5. The molecule has 5 nitrogen and oxygen atoms in total. The number of nitrogens with zero attached hydrogens (tertiary/aromatic N) is 1. The lowest BCUT2D eigenvalue weighted by Gasteiger charge is -2.20. The Hall–Kier alpha value is -2.15. The van der Waals surface area contributed by atoms with Gasteiger partial charge in [0.1, 0.15) is 0 Å². The molecule has 0 atom stereocenters. The molecule has 7 heteroatoms. The van der Waals surface area contributed by atoms with Crippen molar-refractivity contribution in [3.05, 3.63) is 63.3 Å². The van der Waals surface area contributed by atoms with E-state index in [1.807, 2.05) is 24.0 Å². The zero-order valence-corrected chi connectivity index (χ0v) is 16.3. The van der Waals surface area contributed by atoms with Crippen molar-refractivity contribution < 1.29 is 14.3 Å². The van der Waals surface area contributed by atoms with Crippen molar-refractivity contribution in [1.82, 2.24) is 4.90 Å². The molecule has 0 saturated heterocycles. The number of halogens is 1. The molecule has 0 spiro atoms. The molecule has 0 unspecified atom stereocenters. The molecule has 0 saturated carbocycles. The summed E-state index contributed by atoms with van der Waals surface area (Å²) in [6.07, 6.45) is 1.76. The third-order valence-corrected chi connectivity index (χ3v) is 4.91. The normalized spacial score (nSPS) is 10.6. The minimum absolute atomic E-state index is 0.167. The number of hydrogen-bond acceptors (Lipinski definition) is 5. The third kappa shape index (κ3) is 5.69. The van der Waals surface area contributed by atoms with Gasteiger partial charge in [0.05, 0.1) is 23.6 Å². The summed E-state index contributed by atoms with van der Waals surface area (Å²) in [4.78, 5) is 27.2. The van der Waals surface area contributed by atoms with Gasteiger partial charge in [0.25, 0.3) is 0 Å². The van der Waals surface area contributed by atoms with Crippen LogP contribution in [0.5, 0.6) is 0 Å². The number of nitrogens with one attached hydrogen (secondary N) is 1. The van der Waals surface area contributed by atoms with E-state index < -0.39 is 5.97 Å². The standard InChI is InChI=1S/C19H21ClN2O3S/c1-4-9-22(11-15-7-8-17(20)26-15)12-18(23)21-16-10-14(19(24)25-3)6-5-13(16)2/h4-8,10H,1,9,11-12H2,2-3H3,(H,21,23). The number of aryl methyl sites for hydroxylation is 1. The van der Waals surface area contributed by atoms with E-state index >= 15 is 0 Å². The van der Waals surface area contributed by atoms with Crippen molar-refractivity contribution in [3.8, 4) is 0 Å². The Morgan fingerprint density at radius 2 is 2.12 bits per heavy atom. The Labute approximate surface area is 162 Å². The van der Waals surface area contributed by atoms with Crippen LogP contribution in [0.1, 0.15) is 20.8 Å². The molecule has 26 heavy (non-hydrogen) atoms. The van der Waals surface area contributed by atoms with Crippen LogP contribution in [-0.4, -0.2) is 37.0 Å². The highest BCUT2D eigenvalue weighted by molar-refractivity contribution is 7.16. The number of amides is 1. The van der Waals surface area contributed by atoms with Gasteiger partial charge >= 0.3 is 5.97 Å². The van der Waals surface area contributed by atoms with E-state index in [1.165, 1.54) is 18.4 Å². The number of thiophene rings is 1. The fraction of sp³-hybridized carbons (Fsp3) is 0.263. The second-order valence-corrected chi connectivity index (χ2v) is 7.53. The first-order valence-corrected chi connectivity index (χ1v) is 9.18. The van der Waals surface area contributed by atoms with E-state index in [2.05, 4.69) is 11.9 Å². The molecule has 138 valence electrons. The molecule has 0 aliphatic carbocycles. The van der Waals surface area contributed by atoms with Gasteiger partial charge in [0, 0.05) is 23.7 Å². The highest BCUT2D eigenvalue weighted by Gasteiger charge is 2.14. The molecule has 1 aromatic heterocycles. The number of carbonyl (C=O) groups excluding carboxylic acids is 2. The Bertz CT molecular complexity index is 804. The SMILES string of the molecule is C=CCN(CC(=O)Nc1cc(C(=O)OC)ccc1C)Cc1ccc(Cl)s1. The molecule has 0 fully saturated rings. The maximum Gasteiger partial charge on any atom is 0.337 e. The fourth-order valence-electron chi connectivity index (χ4n) is 2.42. The van der Waals surface area contributed by atoms with E-state index in [4.69, 9.17) is 16.3 Å². The van der Waals surface area contributed by atoms with E-state index in [1.54, 1.807) is 24.3 Å². The van der Waals surface area contributed by atoms with Crippen molar-refractivity contribution in [1.29, 1.82) is 0 Å². The summed E-state index contributed by atoms with van der Waals surface area (Å²) in [7, 11) is 1.32. The van der Waals surface area contributed by atoms with Gasteiger partial charge in [-0.05, 0) is 36.8 Å². The van der Waals surface area contributed by atoms with Gasteiger partial charge in [0.15, 0.2) is 0 Å². The number of benzene rings is 1.